The fourth-order valence-electron chi connectivity index (χ4n) is 3.13. The monoisotopic (exact) mass is 347 g/mol. The Labute approximate surface area is 139 Å². The first kappa shape index (κ1) is 20.3. The molecule has 0 amide bonds. The number of hydroxylamine groups is 1. The van der Waals surface area contributed by atoms with Crippen LogP contribution in [0.5, 0.6) is 0 Å². The van der Waals surface area contributed by atoms with Crippen molar-refractivity contribution in [2.24, 2.45) is 5.92 Å². The predicted molar refractivity (Wildman–Crippen MR) is 90.8 cm³/mol. The lowest BCUT2D eigenvalue weighted by Gasteiger charge is -2.35. The third-order valence-electron chi connectivity index (χ3n) is 4.46. The smallest absolute Gasteiger partial charge is 0.402 e. The molecule has 0 fully saturated rings. The number of nitrogens with zero attached hydrogens (tertiary/aromatic N) is 1. The largest absolute Gasteiger partial charge is 0.623 e. The Kier molecular flexibility index (Phi) is 7.91. The average Bonchev–Trinajstić information content (AvgIpc) is 2.78. The topological polar surface area (TPSA) is 78.7 Å². The van der Waals surface area contributed by atoms with Crippen molar-refractivity contribution in [3.8, 4) is 0 Å². The van der Waals surface area contributed by atoms with Crippen LogP contribution in [0.4, 0.5) is 0 Å². The van der Waals surface area contributed by atoms with E-state index < -0.39 is 12.9 Å². The zero-order valence-electron chi connectivity index (χ0n) is 14.7. The van der Waals surface area contributed by atoms with E-state index in [0.29, 0.717) is 32.1 Å². The Bertz CT molecular complexity index is 469. The molecule has 0 radical (unpaired) electrons. The molecule has 23 heavy (non-hydrogen) atoms. The number of hydrogen-bond acceptors (Lipinski definition) is 5. The molecule has 134 valence electrons. The average molecular weight is 347 g/mol. The van der Waals surface area contributed by atoms with Crippen LogP contribution in [0.25, 0.3) is 0 Å². The maximum absolute atomic E-state index is 13.2. The third kappa shape index (κ3) is 4.43. The lowest BCUT2D eigenvalue weighted by atomic mass is 9.93. The molecule has 1 aliphatic rings. The maximum atomic E-state index is 13.2. The Morgan fingerprint density at radius 2 is 1.91 bits per heavy atom. The van der Waals surface area contributed by atoms with Gasteiger partial charge < -0.3 is 14.3 Å². The van der Waals surface area contributed by atoms with Crippen molar-refractivity contribution in [3.05, 3.63) is 5.21 Å². The molecule has 0 saturated heterocycles. The van der Waals surface area contributed by atoms with Crippen LogP contribution in [-0.4, -0.2) is 35.2 Å². The third-order valence-corrected chi connectivity index (χ3v) is 7.33. The quantitative estimate of drug-likeness (QED) is 0.319. The van der Waals surface area contributed by atoms with E-state index in [0.717, 1.165) is 11.2 Å². The standard InChI is InChI=1S/C16H30NO5P/c1-5-9-15(18)11-8-10-14-12-13-17(19)16(14,4)23(20,21-6-2)22-7-3/h13-14H,5-12H2,1-4H3/t14-,16-/m0/s1. The highest BCUT2D eigenvalue weighted by Gasteiger charge is 2.62. The van der Waals surface area contributed by atoms with Crippen LogP contribution in [-0.2, 0) is 18.4 Å². The first-order valence-electron chi connectivity index (χ1n) is 8.56. The van der Waals surface area contributed by atoms with Gasteiger partial charge in [0.15, 0.2) is 6.21 Å². The van der Waals surface area contributed by atoms with E-state index in [1.54, 1.807) is 20.8 Å². The maximum Gasteiger partial charge on any atom is 0.402 e. The Balaban J connectivity index is 2.84. The molecule has 0 N–H and O–H groups in total. The molecule has 7 heteroatoms. The molecule has 0 unspecified atom stereocenters. The molecule has 1 aliphatic heterocycles. The molecular weight excluding hydrogens is 317 g/mol. The molecule has 0 aromatic carbocycles. The molecule has 2 atom stereocenters. The van der Waals surface area contributed by atoms with Gasteiger partial charge in [-0.1, -0.05) is 6.92 Å². The predicted octanol–water partition coefficient (Wildman–Crippen LogP) is 4.11. The van der Waals surface area contributed by atoms with Crippen molar-refractivity contribution >= 4 is 19.6 Å². The van der Waals surface area contributed by atoms with Crippen LogP contribution in [0, 0.1) is 11.1 Å². The van der Waals surface area contributed by atoms with E-state index in [1.165, 1.54) is 6.21 Å². The highest BCUT2D eigenvalue weighted by atomic mass is 31.2. The number of carbonyl (C=O) groups excluding carboxylic acids is 1. The molecule has 0 spiro atoms. The van der Waals surface area contributed by atoms with Gasteiger partial charge >= 0.3 is 7.60 Å². The molecule has 0 aliphatic carbocycles. The second-order valence-corrected chi connectivity index (χ2v) is 8.47. The van der Waals surface area contributed by atoms with Crippen LogP contribution in [0.15, 0.2) is 0 Å². The molecule has 6 nitrogen and oxygen atoms in total. The summed E-state index contributed by atoms with van der Waals surface area (Å²) in [6.07, 6.45) is 5.36. The molecule has 1 heterocycles. The minimum atomic E-state index is -3.57. The van der Waals surface area contributed by atoms with Gasteiger partial charge in [-0.05, 0) is 33.1 Å². The van der Waals surface area contributed by atoms with E-state index in [4.69, 9.17) is 9.05 Å². The number of rotatable bonds is 11. The molecular formula is C16H30NO5P. The van der Waals surface area contributed by atoms with E-state index in [9.17, 15) is 14.6 Å². The number of carbonyl (C=O) groups is 1. The lowest BCUT2D eigenvalue weighted by Crippen LogP contribution is -2.40. The van der Waals surface area contributed by atoms with E-state index >= 15 is 0 Å². The van der Waals surface area contributed by atoms with Crippen LogP contribution < -0.4 is 0 Å². The summed E-state index contributed by atoms with van der Waals surface area (Å²) < 4.78 is 24.8. The van der Waals surface area contributed by atoms with E-state index in [1.807, 2.05) is 6.92 Å². The normalized spacial score (nSPS) is 24.7. The van der Waals surface area contributed by atoms with Gasteiger partial charge in [-0.25, -0.2) is 0 Å². The van der Waals surface area contributed by atoms with Crippen molar-refractivity contribution < 1.29 is 23.1 Å². The van der Waals surface area contributed by atoms with Crippen LogP contribution in [0.3, 0.4) is 0 Å². The SMILES string of the molecule is CCCC(=O)CCC[C@H]1CC=[N+]([O-])[C@@]1(C)P(=O)(OCC)OCC. The molecule has 1 rings (SSSR count). The summed E-state index contributed by atoms with van der Waals surface area (Å²) in [5, 5.41) is 11.1. The first-order valence-corrected chi connectivity index (χ1v) is 10.1. The zero-order valence-corrected chi connectivity index (χ0v) is 15.6. The fraction of sp³-hybridized carbons (Fsp3) is 0.875. The minimum Gasteiger partial charge on any atom is -0.623 e. The molecule has 0 aromatic rings. The van der Waals surface area contributed by atoms with Crippen molar-refractivity contribution in [1.82, 2.24) is 0 Å². The Morgan fingerprint density at radius 3 is 2.43 bits per heavy atom. The van der Waals surface area contributed by atoms with Crippen molar-refractivity contribution in [1.29, 1.82) is 0 Å². The van der Waals surface area contributed by atoms with Gasteiger partial charge in [0, 0.05) is 32.1 Å². The van der Waals surface area contributed by atoms with Gasteiger partial charge in [0.25, 0.3) is 5.28 Å². The van der Waals surface area contributed by atoms with Crippen LogP contribution >= 0.6 is 7.60 Å². The summed E-state index contributed by atoms with van der Waals surface area (Å²) in [5.41, 5.74) is 0. The second-order valence-electron chi connectivity index (χ2n) is 6.05. The number of Topliss-reactive ketones (excluding diaryl/α,β-unsaturated/α-hetero) is 1. The van der Waals surface area contributed by atoms with E-state index in [-0.39, 0.29) is 24.9 Å². The summed E-state index contributed by atoms with van der Waals surface area (Å²) in [5.74, 6) is 0.103. The van der Waals surface area contributed by atoms with Crippen LogP contribution in [0.2, 0.25) is 0 Å². The highest BCUT2D eigenvalue weighted by Crippen LogP contribution is 2.65. The molecule has 0 aromatic heterocycles. The summed E-state index contributed by atoms with van der Waals surface area (Å²) in [7, 11) is -3.57. The summed E-state index contributed by atoms with van der Waals surface area (Å²) >= 11 is 0. The minimum absolute atomic E-state index is 0.140. The van der Waals surface area contributed by atoms with Crippen molar-refractivity contribution in [2.45, 2.75) is 71.5 Å². The summed E-state index contributed by atoms with van der Waals surface area (Å²) in [6, 6.07) is 0. The number of hydrogen-bond donors (Lipinski definition) is 0. The second kappa shape index (κ2) is 8.95. The van der Waals surface area contributed by atoms with Crippen molar-refractivity contribution in [2.75, 3.05) is 13.2 Å². The lowest BCUT2D eigenvalue weighted by molar-refractivity contribution is -0.515. The van der Waals surface area contributed by atoms with Gasteiger partial charge in [-0.2, -0.15) is 4.74 Å². The van der Waals surface area contributed by atoms with Crippen molar-refractivity contribution in [3.63, 3.8) is 0 Å². The van der Waals surface area contributed by atoms with Gasteiger partial charge in [-0.15, -0.1) is 0 Å². The Hall–Kier alpha value is -0.710. The van der Waals surface area contributed by atoms with Crippen LogP contribution in [0.1, 0.15) is 66.2 Å². The number of ketones is 1. The fourth-order valence-corrected chi connectivity index (χ4v) is 5.42. The van der Waals surface area contributed by atoms with Gasteiger partial charge in [0.05, 0.1) is 13.2 Å². The van der Waals surface area contributed by atoms with E-state index in [2.05, 4.69) is 0 Å². The first-order chi connectivity index (χ1) is 10.9. The van der Waals surface area contributed by atoms with Gasteiger partial charge in [0.1, 0.15) is 5.78 Å². The van der Waals surface area contributed by atoms with Gasteiger partial charge in [-0.3, -0.25) is 9.36 Å². The summed E-state index contributed by atoms with van der Waals surface area (Å²) in [4.78, 5) is 11.7. The zero-order chi connectivity index (χ0) is 17.5. The Morgan fingerprint density at radius 1 is 1.30 bits per heavy atom. The molecule has 0 bridgehead atoms. The van der Waals surface area contributed by atoms with Gasteiger partial charge in [0.2, 0.25) is 0 Å². The highest BCUT2D eigenvalue weighted by molar-refractivity contribution is 7.55. The molecule has 0 saturated carbocycles. The summed E-state index contributed by atoms with van der Waals surface area (Å²) in [6.45, 7) is 7.57.